The maximum Gasteiger partial charge on any atom is 0.243 e. The van der Waals surface area contributed by atoms with Gasteiger partial charge in [0, 0.05) is 32.1 Å². The molecule has 2 aromatic rings. The van der Waals surface area contributed by atoms with Crippen molar-refractivity contribution >= 4 is 38.6 Å². The Morgan fingerprint density at radius 1 is 1.08 bits per heavy atom. The molecule has 1 saturated heterocycles. The van der Waals surface area contributed by atoms with Crippen molar-refractivity contribution < 1.29 is 23.1 Å². The Kier molecular flexibility index (Phi) is 10.9. The van der Waals surface area contributed by atoms with E-state index in [0.29, 0.717) is 25.9 Å². The molecule has 2 aromatic carbocycles. The van der Waals surface area contributed by atoms with E-state index in [1.807, 2.05) is 18.2 Å². The summed E-state index contributed by atoms with van der Waals surface area (Å²) >= 11 is 0. The van der Waals surface area contributed by atoms with Crippen molar-refractivity contribution in [3.8, 4) is 0 Å². The van der Waals surface area contributed by atoms with E-state index in [0.717, 1.165) is 42.9 Å². The van der Waals surface area contributed by atoms with Crippen molar-refractivity contribution in [3.63, 3.8) is 0 Å². The first-order valence-electron chi connectivity index (χ1n) is 13.0. The van der Waals surface area contributed by atoms with Crippen LogP contribution in [0.15, 0.2) is 52.4 Å². The normalized spacial score (nSPS) is 16.3. The van der Waals surface area contributed by atoms with Gasteiger partial charge in [-0.3, -0.25) is 14.6 Å². The predicted octanol–water partition coefficient (Wildman–Crippen LogP) is 0.810. The standard InChI is InChI=1S/C26H38N6O5S/c27-26(28)29-14-6-2-1-3-11-24(34)30-17-21-10-7-15-32(21)25(35)23(18-33)31-38(36,37)22-13-12-19-8-4-5-9-20(19)16-22/h4-5,8-9,12-13,16,21,23,31,33H,1-3,6-7,10-11,14-15,17-18H2,(H,30,34)(H4,27,28,29)/t21-,23+/m0/s1. The zero-order chi connectivity index (χ0) is 27.5. The van der Waals surface area contributed by atoms with Crippen LogP contribution in [0, 0.1) is 0 Å². The lowest BCUT2D eigenvalue weighted by Crippen LogP contribution is -2.53. The number of nitrogens with zero attached hydrogens (tertiary/aromatic N) is 2. The topological polar surface area (TPSA) is 180 Å². The third-order valence-corrected chi connectivity index (χ3v) is 8.08. The van der Waals surface area contributed by atoms with Crippen molar-refractivity contribution in [3.05, 3.63) is 42.5 Å². The molecule has 38 heavy (non-hydrogen) atoms. The van der Waals surface area contributed by atoms with Gasteiger partial charge in [-0.05, 0) is 48.6 Å². The molecule has 0 unspecified atom stereocenters. The van der Waals surface area contributed by atoms with Gasteiger partial charge < -0.3 is 26.8 Å². The number of amides is 2. The number of hydrogen-bond acceptors (Lipinski definition) is 6. The first-order chi connectivity index (χ1) is 18.2. The number of carbonyl (C=O) groups excluding carboxylic acids is 2. The lowest BCUT2D eigenvalue weighted by atomic mass is 10.1. The number of aliphatic hydroxyl groups is 1. The number of hydrogen-bond donors (Lipinski definition) is 5. The first kappa shape index (κ1) is 29.3. The van der Waals surface area contributed by atoms with Crippen LogP contribution in [0.3, 0.4) is 0 Å². The fourth-order valence-corrected chi connectivity index (χ4v) is 5.79. The Bertz CT molecular complexity index is 1230. The van der Waals surface area contributed by atoms with E-state index in [2.05, 4.69) is 15.0 Å². The molecule has 0 aromatic heterocycles. The molecule has 0 aliphatic carbocycles. The van der Waals surface area contributed by atoms with E-state index in [-0.39, 0.29) is 29.3 Å². The minimum Gasteiger partial charge on any atom is -0.394 e. The van der Waals surface area contributed by atoms with Crippen molar-refractivity contribution in [1.29, 1.82) is 0 Å². The first-order valence-corrected chi connectivity index (χ1v) is 14.4. The van der Waals surface area contributed by atoms with Crippen LogP contribution >= 0.6 is 0 Å². The van der Waals surface area contributed by atoms with Crippen LogP contribution < -0.4 is 21.5 Å². The summed E-state index contributed by atoms with van der Waals surface area (Å²) in [4.78, 5) is 31.0. The minimum absolute atomic E-state index is 0.0175. The maximum atomic E-state index is 13.2. The molecule has 0 radical (unpaired) electrons. The molecular weight excluding hydrogens is 508 g/mol. The summed E-state index contributed by atoms with van der Waals surface area (Å²) in [7, 11) is -4.05. The van der Waals surface area contributed by atoms with Gasteiger partial charge in [0.15, 0.2) is 5.96 Å². The molecule has 208 valence electrons. The quantitative estimate of drug-likeness (QED) is 0.132. The molecular formula is C26H38N6O5S. The number of sulfonamides is 1. The number of benzene rings is 2. The maximum absolute atomic E-state index is 13.2. The van der Waals surface area contributed by atoms with E-state index in [1.54, 1.807) is 17.0 Å². The largest absolute Gasteiger partial charge is 0.394 e. The number of rotatable bonds is 14. The van der Waals surface area contributed by atoms with Gasteiger partial charge in [0.2, 0.25) is 21.8 Å². The number of nitrogens with two attached hydrogens (primary N) is 2. The molecule has 12 heteroatoms. The number of likely N-dealkylation sites (tertiary alicyclic amines) is 1. The van der Waals surface area contributed by atoms with Gasteiger partial charge in [0.1, 0.15) is 6.04 Å². The van der Waals surface area contributed by atoms with E-state index in [4.69, 9.17) is 11.5 Å². The third kappa shape index (κ3) is 8.40. The predicted molar refractivity (Wildman–Crippen MR) is 147 cm³/mol. The molecule has 1 aliphatic heterocycles. The molecule has 2 atom stereocenters. The van der Waals surface area contributed by atoms with Crippen LogP contribution in [0.4, 0.5) is 0 Å². The van der Waals surface area contributed by atoms with Crippen molar-refractivity contribution in [2.24, 2.45) is 16.5 Å². The van der Waals surface area contributed by atoms with Gasteiger partial charge in [0.05, 0.1) is 11.5 Å². The number of aliphatic hydroxyl groups excluding tert-OH is 1. The second-order valence-electron chi connectivity index (χ2n) is 9.47. The van der Waals surface area contributed by atoms with E-state index in [9.17, 15) is 23.1 Å². The van der Waals surface area contributed by atoms with Crippen molar-refractivity contribution in [1.82, 2.24) is 14.9 Å². The Morgan fingerprint density at radius 2 is 1.82 bits per heavy atom. The Hall–Kier alpha value is -3.22. The number of aliphatic imine (C=N–C) groups is 1. The summed E-state index contributed by atoms with van der Waals surface area (Å²) in [6, 6.07) is 10.5. The Balaban J connectivity index is 1.50. The summed E-state index contributed by atoms with van der Waals surface area (Å²) in [6.07, 6.45) is 5.21. The fourth-order valence-electron chi connectivity index (χ4n) is 4.57. The molecule has 0 saturated carbocycles. The van der Waals surface area contributed by atoms with Crippen LogP contribution in [0.5, 0.6) is 0 Å². The fraction of sp³-hybridized carbons (Fsp3) is 0.500. The molecule has 1 fully saturated rings. The lowest BCUT2D eigenvalue weighted by Gasteiger charge is -2.28. The summed E-state index contributed by atoms with van der Waals surface area (Å²) in [5.41, 5.74) is 10.6. The van der Waals surface area contributed by atoms with E-state index in [1.165, 1.54) is 12.1 Å². The highest BCUT2D eigenvalue weighted by Gasteiger charge is 2.35. The zero-order valence-electron chi connectivity index (χ0n) is 21.5. The highest BCUT2D eigenvalue weighted by molar-refractivity contribution is 7.89. The van der Waals surface area contributed by atoms with Crippen LogP contribution in [-0.4, -0.2) is 74.5 Å². The Labute approximate surface area is 223 Å². The summed E-state index contributed by atoms with van der Waals surface area (Å²) in [6.45, 7) is 0.617. The molecule has 2 amide bonds. The minimum atomic E-state index is -4.05. The molecule has 11 nitrogen and oxygen atoms in total. The molecule has 7 N–H and O–H groups in total. The number of carbonyl (C=O) groups is 2. The zero-order valence-corrected chi connectivity index (χ0v) is 22.3. The highest BCUT2D eigenvalue weighted by atomic mass is 32.2. The number of unbranched alkanes of at least 4 members (excludes halogenated alkanes) is 3. The van der Waals surface area contributed by atoms with E-state index >= 15 is 0 Å². The van der Waals surface area contributed by atoms with Crippen LogP contribution in [0.1, 0.15) is 44.9 Å². The lowest BCUT2D eigenvalue weighted by molar-refractivity contribution is -0.135. The highest BCUT2D eigenvalue weighted by Crippen LogP contribution is 2.21. The van der Waals surface area contributed by atoms with Gasteiger partial charge in [-0.2, -0.15) is 4.72 Å². The monoisotopic (exact) mass is 546 g/mol. The molecule has 1 aliphatic rings. The molecule has 0 bridgehead atoms. The summed E-state index contributed by atoms with van der Waals surface area (Å²) in [5.74, 6) is -0.518. The van der Waals surface area contributed by atoms with Gasteiger partial charge in [-0.1, -0.05) is 43.2 Å². The number of fused-ring (bicyclic) bond motifs is 1. The van der Waals surface area contributed by atoms with Crippen molar-refractivity contribution in [2.75, 3.05) is 26.2 Å². The van der Waals surface area contributed by atoms with Gasteiger partial charge in [0.25, 0.3) is 0 Å². The van der Waals surface area contributed by atoms with Crippen LogP contribution in [0.2, 0.25) is 0 Å². The molecule has 0 spiro atoms. The van der Waals surface area contributed by atoms with Crippen LogP contribution in [-0.2, 0) is 19.6 Å². The van der Waals surface area contributed by atoms with Crippen molar-refractivity contribution in [2.45, 2.75) is 61.9 Å². The smallest absolute Gasteiger partial charge is 0.243 e. The second kappa shape index (κ2) is 14.1. The third-order valence-electron chi connectivity index (χ3n) is 6.61. The van der Waals surface area contributed by atoms with Crippen LogP contribution in [0.25, 0.3) is 10.8 Å². The SMILES string of the molecule is NC(N)=NCCCCCCC(=O)NC[C@@H]1CCCN1C(=O)[C@@H](CO)NS(=O)(=O)c1ccc2ccccc2c1. The average molecular weight is 547 g/mol. The van der Waals surface area contributed by atoms with Gasteiger partial charge in [-0.25, -0.2) is 8.42 Å². The molecule has 3 rings (SSSR count). The van der Waals surface area contributed by atoms with Gasteiger partial charge >= 0.3 is 0 Å². The Morgan fingerprint density at radius 3 is 2.55 bits per heavy atom. The number of nitrogens with one attached hydrogen (secondary N) is 2. The molecule has 1 heterocycles. The van der Waals surface area contributed by atoms with Gasteiger partial charge in [-0.15, -0.1) is 0 Å². The number of guanidine groups is 1. The second-order valence-corrected chi connectivity index (χ2v) is 11.2. The summed E-state index contributed by atoms with van der Waals surface area (Å²) < 4.78 is 28.4. The average Bonchev–Trinajstić information content (AvgIpc) is 3.38. The van der Waals surface area contributed by atoms with E-state index < -0.39 is 28.6 Å². The summed E-state index contributed by atoms with van der Waals surface area (Å²) in [5, 5.41) is 14.4.